The number of rotatable bonds is 7. The van der Waals surface area contributed by atoms with Gasteiger partial charge >= 0.3 is 0 Å². The fourth-order valence-corrected chi connectivity index (χ4v) is 11.6. The van der Waals surface area contributed by atoms with Gasteiger partial charge in [-0.1, -0.05) is 0 Å². The molecule has 0 radical (unpaired) electrons. The predicted octanol–water partition coefficient (Wildman–Crippen LogP) is 6.41. The van der Waals surface area contributed by atoms with Crippen LogP contribution in [0.4, 0.5) is 17.8 Å². The third-order valence-electron chi connectivity index (χ3n) is 13.2. The number of anilines is 3. The van der Waals surface area contributed by atoms with Gasteiger partial charge in [0.2, 0.25) is 17.8 Å². The molecule has 0 aromatic carbocycles. The van der Waals surface area contributed by atoms with E-state index in [1.165, 1.54) is 20.3 Å². The summed E-state index contributed by atoms with van der Waals surface area (Å²) in [6, 6.07) is -0.276. The molecular formula is C39H75N11O4. The molecule has 7 N–H and O–H groups in total. The average Bonchev–Trinajstić information content (AvgIpc) is 2.99. The van der Waals surface area contributed by atoms with Gasteiger partial charge in [0.1, 0.15) is 0 Å². The van der Waals surface area contributed by atoms with Gasteiger partial charge in [0.25, 0.3) is 0 Å². The highest BCUT2D eigenvalue weighted by Crippen LogP contribution is 2.48. The van der Waals surface area contributed by atoms with Crippen molar-refractivity contribution in [3.05, 3.63) is 0 Å². The zero-order chi connectivity index (χ0) is 41.0. The first-order valence-electron chi connectivity index (χ1n) is 20.0. The van der Waals surface area contributed by atoms with E-state index in [1.54, 1.807) is 0 Å². The minimum Gasteiger partial charge on any atom is -0.334 e. The number of nitrogens with one attached hydrogen (secondary N) is 1. The fraction of sp³-hybridized carbons (Fsp3) is 0.923. The molecule has 0 atom stereocenters. The largest absolute Gasteiger partial charge is 0.334 e. The molecule has 0 unspecified atom stereocenters. The van der Waals surface area contributed by atoms with Crippen LogP contribution in [0.5, 0.6) is 0 Å². The Morgan fingerprint density at radius 2 is 0.611 bits per heavy atom. The Morgan fingerprint density at radius 1 is 0.426 bits per heavy atom. The molecule has 4 aliphatic rings. The SMILES string of the molecule is CC1(C)CC(N(c2nc(NN)nc(N(C3CC(C)(C)N(O)C(C)(C)C3)C3CC(C)(C)N(O)C(C)(C)C3)n2)C2CC(C)(C)N(O)C(C)(C)C2)CC(C)(C)N1O. The topological polar surface area (TPSA) is 177 Å². The number of nitrogens with two attached hydrogens (primary N) is 1. The van der Waals surface area contributed by atoms with Crippen molar-refractivity contribution >= 4 is 17.8 Å². The second-order valence-corrected chi connectivity index (χ2v) is 22.2. The van der Waals surface area contributed by atoms with Crippen LogP contribution in [-0.2, 0) is 0 Å². The van der Waals surface area contributed by atoms with Crippen molar-refractivity contribution in [1.29, 1.82) is 0 Å². The van der Waals surface area contributed by atoms with Crippen LogP contribution in [0.2, 0.25) is 0 Å². The minimum absolute atomic E-state index is 0.0689. The van der Waals surface area contributed by atoms with E-state index in [-0.39, 0.29) is 30.1 Å². The van der Waals surface area contributed by atoms with Crippen molar-refractivity contribution in [2.45, 2.75) is 231 Å². The molecule has 5 rings (SSSR count). The van der Waals surface area contributed by atoms with Crippen LogP contribution in [0.1, 0.15) is 162 Å². The van der Waals surface area contributed by atoms with Crippen molar-refractivity contribution in [1.82, 2.24) is 35.2 Å². The monoisotopic (exact) mass is 762 g/mol. The van der Waals surface area contributed by atoms with Crippen LogP contribution >= 0.6 is 0 Å². The van der Waals surface area contributed by atoms with E-state index in [1.807, 2.05) is 0 Å². The van der Waals surface area contributed by atoms with Crippen LogP contribution in [0.15, 0.2) is 0 Å². The van der Waals surface area contributed by atoms with Crippen LogP contribution in [0.3, 0.4) is 0 Å². The van der Waals surface area contributed by atoms with E-state index in [2.05, 4.69) is 126 Å². The Hall–Kier alpha value is -1.95. The molecule has 1 aromatic rings. The number of hydrazine groups is 1. The van der Waals surface area contributed by atoms with Gasteiger partial charge < -0.3 is 30.6 Å². The molecule has 5 heterocycles. The summed E-state index contributed by atoms with van der Waals surface area (Å²) in [7, 11) is 0. The van der Waals surface area contributed by atoms with Crippen molar-refractivity contribution in [2.24, 2.45) is 5.84 Å². The molecule has 0 amide bonds. The molecule has 4 aliphatic heterocycles. The van der Waals surface area contributed by atoms with Crippen LogP contribution in [-0.4, -0.2) is 125 Å². The predicted molar refractivity (Wildman–Crippen MR) is 212 cm³/mol. The molecule has 15 nitrogen and oxygen atoms in total. The van der Waals surface area contributed by atoms with Crippen molar-refractivity contribution in [3.63, 3.8) is 0 Å². The van der Waals surface area contributed by atoms with Gasteiger partial charge in [0, 0.05) is 68.5 Å². The maximum absolute atomic E-state index is 11.4. The fourth-order valence-electron chi connectivity index (χ4n) is 11.6. The molecule has 54 heavy (non-hydrogen) atoms. The van der Waals surface area contributed by atoms with Crippen LogP contribution < -0.4 is 21.1 Å². The van der Waals surface area contributed by atoms with Crippen molar-refractivity contribution in [3.8, 4) is 0 Å². The van der Waals surface area contributed by atoms with Crippen molar-refractivity contribution < 1.29 is 20.8 Å². The molecule has 4 fully saturated rings. The number of hydroxylamine groups is 8. The lowest BCUT2D eigenvalue weighted by molar-refractivity contribution is -0.251. The summed E-state index contributed by atoms with van der Waals surface area (Å²) in [5.41, 5.74) is -1.59. The Kier molecular flexibility index (Phi) is 10.9. The summed E-state index contributed by atoms with van der Waals surface area (Å²) in [4.78, 5) is 20.2. The van der Waals surface area contributed by atoms with Gasteiger partial charge in [-0.15, -0.1) is 0 Å². The molecule has 1 aromatic heterocycles. The zero-order valence-electron chi connectivity index (χ0n) is 36.4. The molecule has 310 valence electrons. The standard InChI is InChI=1S/C39H75N11O4/c1-32(2)17-25(18-33(3,4)47(32)51)45(26-19-34(5,6)48(52)35(7,8)20-26)30-41-29(44-40)42-31(43-30)46(27-21-36(9,10)49(53)37(11,12)22-27)28-23-38(13,14)50(54)39(15,16)24-28/h25-28,51-54H,17-24,40H2,1-16H3,(H,41,42,43,44). The second kappa shape index (κ2) is 13.6. The highest BCUT2D eigenvalue weighted by atomic mass is 16.5. The van der Waals surface area contributed by atoms with Crippen molar-refractivity contribution in [2.75, 3.05) is 15.2 Å². The summed E-state index contributed by atoms with van der Waals surface area (Å²) in [5.74, 6) is 7.47. The zero-order valence-corrected chi connectivity index (χ0v) is 36.4. The Balaban J connectivity index is 1.74. The normalized spacial score (nSPS) is 29.2. The van der Waals surface area contributed by atoms with Gasteiger partial charge in [0.15, 0.2) is 0 Å². The lowest BCUT2D eigenvalue weighted by Gasteiger charge is -2.58. The first kappa shape index (κ1) is 43.2. The number of aromatic nitrogens is 3. The van der Waals surface area contributed by atoms with Gasteiger partial charge in [0.05, 0.1) is 0 Å². The number of hydrogen-bond donors (Lipinski definition) is 6. The average molecular weight is 762 g/mol. The van der Waals surface area contributed by atoms with E-state index in [0.717, 1.165) is 0 Å². The highest BCUT2D eigenvalue weighted by molar-refractivity contribution is 5.49. The van der Waals surface area contributed by atoms with Gasteiger partial charge in [-0.3, -0.25) is 5.43 Å². The number of nitrogens with zero attached hydrogens (tertiary/aromatic N) is 9. The van der Waals surface area contributed by atoms with Gasteiger partial charge in [-0.05, 0) is 162 Å². The Morgan fingerprint density at radius 3 is 0.778 bits per heavy atom. The maximum Gasteiger partial charge on any atom is 0.243 e. The van der Waals surface area contributed by atoms with E-state index in [0.29, 0.717) is 63.3 Å². The number of nitrogen functional groups attached to an aromatic ring is 1. The quantitative estimate of drug-likeness (QED) is 0.133. The minimum atomic E-state index is -0.547. The molecule has 0 spiro atoms. The molecule has 0 saturated carbocycles. The Bertz CT molecular complexity index is 1270. The first-order valence-corrected chi connectivity index (χ1v) is 20.0. The summed E-state index contributed by atoms with van der Waals surface area (Å²) < 4.78 is 0. The third-order valence-corrected chi connectivity index (χ3v) is 13.2. The van der Waals surface area contributed by atoms with Crippen LogP contribution in [0.25, 0.3) is 0 Å². The van der Waals surface area contributed by atoms with Gasteiger partial charge in [-0.25, -0.2) is 5.84 Å². The van der Waals surface area contributed by atoms with E-state index in [9.17, 15) is 20.8 Å². The molecule has 0 bridgehead atoms. The smallest absolute Gasteiger partial charge is 0.243 e. The van der Waals surface area contributed by atoms with E-state index >= 15 is 0 Å². The second-order valence-electron chi connectivity index (χ2n) is 22.2. The summed E-state index contributed by atoms with van der Waals surface area (Å²) in [6.07, 6.45) is 5.21. The van der Waals surface area contributed by atoms with Gasteiger partial charge in [-0.2, -0.15) is 35.2 Å². The maximum atomic E-state index is 11.4. The molecule has 4 saturated heterocycles. The summed E-state index contributed by atoms with van der Waals surface area (Å²) >= 11 is 0. The molecule has 15 heteroatoms. The van der Waals surface area contributed by atoms with E-state index in [4.69, 9.17) is 20.8 Å². The molecular weight excluding hydrogens is 687 g/mol. The number of hydrogen-bond acceptors (Lipinski definition) is 15. The number of piperidine rings is 4. The van der Waals surface area contributed by atoms with Crippen LogP contribution in [0, 0.1) is 0 Å². The molecule has 0 aliphatic carbocycles. The first-order chi connectivity index (χ1) is 24.3. The Labute approximate surface area is 325 Å². The summed E-state index contributed by atoms with van der Waals surface area (Å²) in [6.45, 7) is 33.2. The lowest BCUT2D eigenvalue weighted by atomic mass is 9.74. The highest BCUT2D eigenvalue weighted by Gasteiger charge is 2.55. The lowest BCUT2D eigenvalue weighted by Crippen LogP contribution is -2.68. The third kappa shape index (κ3) is 7.83. The summed E-state index contributed by atoms with van der Waals surface area (Å²) in [5, 5.41) is 51.6. The van der Waals surface area contributed by atoms with E-state index < -0.39 is 44.3 Å².